The lowest BCUT2D eigenvalue weighted by atomic mass is 10.2. The molecule has 0 atom stereocenters. The van der Waals surface area contributed by atoms with E-state index < -0.39 is 0 Å². The fourth-order valence-electron chi connectivity index (χ4n) is 1.31. The summed E-state index contributed by atoms with van der Waals surface area (Å²) in [7, 11) is 0. The molecular formula is C10H12N6OS. The summed E-state index contributed by atoms with van der Waals surface area (Å²) in [5.74, 6) is 5.00. The minimum absolute atomic E-state index is 0.324. The zero-order chi connectivity index (χ0) is 13.0. The molecule has 2 heterocycles. The molecule has 1 amide bonds. The standard InChI is InChI=1S/C10H12N6OS/c1-2-8-15-16-10(18-8)13-9(17)6-5-12-4-3-7(6)14-11/h3-5H,2,11H2,1H3,(H,12,14)(H,13,16,17). The van der Waals surface area contributed by atoms with Crippen molar-refractivity contribution in [2.75, 3.05) is 10.7 Å². The van der Waals surface area contributed by atoms with Gasteiger partial charge in [0.25, 0.3) is 5.91 Å². The molecule has 0 aromatic carbocycles. The summed E-state index contributed by atoms with van der Waals surface area (Å²) in [4.78, 5) is 15.9. The number of aryl methyl sites for hydroxylation is 1. The molecule has 0 bridgehead atoms. The average Bonchev–Trinajstić information content (AvgIpc) is 2.86. The van der Waals surface area contributed by atoms with Crippen LogP contribution < -0.4 is 16.6 Å². The number of hydrogen-bond donors (Lipinski definition) is 3. The monoisotopic (exact) mass is 264 g/mol. The van der Waals surface area contributed by atoms with E-state index in [1.165, 1.54) is 17.5 Å². The Morgan fingerprint density at radius 1 is 1.50 bits per heavy atom. The van der Waals surface area contributed by atoms with Crippen LogP contribution >= 0.6 is 11.3 Å². The second kappa shape index (κ2) is 5.52. The maximum atomic E-state index is 12.0. The molecule has 4 N–H and O–H groups in total. The fraction of sp³-hybridized carbons (Fsp3) is 0.200. The molecule has 2 aromatic rings. The number of amides is 1. The quantitative estimate of drug-likeness (QED) is 0.562. The molecule has 0 aliphatic rings. The Bertz CT molecular complexity index is 555. The van der Waals surface area contributed by atoms with Crippen molar-refractivity contribution in [3.05, 3.63) is 29.0 Å². The summed E-state index contributed by atoms with van der Waals surface area (Å²) in [6, 6.07) is 1.62. The van der Waals surface area contributed by atoms with Crippen LogP contribution in [0.4, 0.5) is 10.8 Å². The molecule has 0 saturated carbocycles. The van der Waals surface area contributed by atoms with Gasteiger partial charge >= 0.3 is 0 Å². The molecule has 0 spiro atoms. The molecule has 8 heteroatoms. The lowest BCUT2D eigenvalue weighted by Crippen LogP contribution is -2.17. The Hall–Kier alpha value is -2.06. The first-order chi connectivity index (χ1) is 8.74. The first-order valence-corrected chi connectivity index (χ1v) is 6.10. The predicted molar refractivity (Wildman–Crippen MR) is 69.3 cm³/mol. The Morgan fingerprint density at radius 2 is 2.33 bits per heavy atom. The summed E-state index contributed by atoms with van der Waals surface area (Å²) in [5, 5.41) is 11.8. The number of pyridine rings is 1. The molecule has 0 saturated heterocycles. The molecule has 18 heavy (non-hydrogen) atoms. The molecule has 2 aromatic heterocycles. The van der Waals surface area contributed by atoms with Crippen LogP contribution in [0.1, 0.15) is 22.3 Å². The Labute approximate surface area is 107 Å². The number of carbonyl (C=O) groups is 1. The van der Waals surface area contributed by atoms with Gasteiger partial charge in [-0.25, -0.2) is 0 Å². The van der Waals surface area contributed by atoms with Crippen molar-refractivity contribution in [2.45, 2.75) is 13.3 Å². The molecule has 0 fully saturated rings. The van der Waals surface area contributed by atoms with Crippen LogP contribution in [0.3, 0.4) is 0 Å². The highest BCUT2D eigenvalue weighted by Crippen LogP contribution is 2.18. The zero-order valence-electron chi connectivity index (χ0n) is 9.67. The first kappa shape index (κ1) is 12.4. The number of aromatic nitrogens is 3. The van der Waals surface area contributed by atoms with Gasteiger partial charge in [0.1, 0.15) is 5.01 Å². The van der Waals surface area contributed by atoms with Crippen LogP contribution in [0.2, 0.25) is 0 Å². The first-order valence-electron chi connectivity index (χ1n) is 5.29. The zero-order valence-corrected chi connectivity index (χ0v) is 10.5. The van der Waals surface area contributed by atoms with E-state index in [9.17, 15) is 4.79 Å². The van der Waals surface area contributed by atoms with Gasteiger partial charge in [-0.2, -0.15) is 0 Å². The van der Waals surface area contributed by atoms with Gasteiger partial charge < -0.3 is 5.43 Å². The highest BCUT2D eigenvalue weighted by Gasteiger charge is 2.13. The minimum Gasteiger partial charge on any atom is -0.323 e. The van der Waals surface area contributed by atoms with Gasteiger partial charge in [-0.1, -0.05) is 18.3 Å². The van der Waals surface area contributed by atoms with Crippen LogP contribution in [-0.4, -0.2) is 21.1 Å². The SMILES string of the molecule is CCc1nnc(NC(=O)c2cnccc2NN)s1. The number of rotatable bonds is 4. The van der Waals surface area contributed by atoms with Crippen LogP contribution in [0.25, 0.3) is 0 Å². The number of nitrogens with two attached hydrogens (primary N) is 1. The number of carbonyl (C=O) groups excluding carboxylic acids is 1. The van der Waals surface area contributed by atoms with E-state index in [-0.39, 0.29) is 5.91 Å². The summed E-state index contributed by atoms with van der Waals surface area (Å²) >= 11 is 1.34. The third-order valence-corrected chi connectivity index (χ3v) is 3.19. The van der Waals surface area contributed by atoms with Crippen molar-refractivity contribution in [1.82, 2.24) is 15.2 Å². The van der Waals surface area contributed by atoms with Crippen molar-refractivity contribution >= 4 is 28.1 Å². The number of nitrogens with zero attached hydrogens (tertiary/aromatic N) is 3. The van der Waals surface area contributed by atoms with E-state index in [0.717, 1.165) is 11.4 Å². The second-order valence-electron chi connectivity index (χ2n) is 3.37. The second-order valence-corrected chi connectivity index (χ2v) is 4.44. The van der Waals surface area contributed by atoms with Crippen molar-refractivity contribution < 1.29 is 4.79 Å². The number of hydrogen-bond acceptors (Lipinski definition) is 7. The van der Waals surface area contributed by atoms with Gasteiger partial charge in [0.15, 0.2) is 0 Å². The topological polar surface area (TPSA) is 106 Å². The smallest absolute Gasteiger partial charge is 0.261 e. The van der Waals surface area contributed by atoms with E-state index in [0.29, 0.717) is 16.4 Å². The van der Waals surface area contributed by atoms with E-state index in [2.05, 4.69) is 25.9 Å². The lowest BCUT2D eigenvalue weighted by molar-refractivity contribution is 0.102. The Kier molecular flexibility index (Phi) is 3.80. The molecule has 0 radical (unpaired) electrons. The van der Waals surface area contributed by atoms with Crippen molar-refractivity contribution in [3.8, 4) is 0 Å². The predicted octanol–water partition coefficient (Wildman–Crippen LogP) is 1.03. The number of anilines is 2. The third kappa shape index (κ3) is 2.60. The molecule has 7 nitrogen and oxygen atoms in total. The summed E-state index contributed by atoms with van der Waals surface area (Å²) < 4.78 is 0. The van der Waals surface area contributed by atoms with Gasteiger partial charge in [0.05, 0.1) is 11.3 Å². The maximum Gasteiger partial charge on any atom is 0.261 e. The van der Waals surface area contributed by atoms with E-state index >= 15 is 0 Å². The number of nitrogen functional groups attached to an aromatic ring is 1. The summed E-state index contributed by atoms with van der Waals surface area (Å²) in [6.07, 6.45) is 3.77. The third-order valence-electron chi connectivity index (χ3n) is 2.21. The fourth-order valence-corrected chi connectivity index (χ4v) is 1.99. The van der Waals surface area contributed by atoms with Crippen LogP contribution in [-0.2, 0) is 6.42 Å². The maximum absolute atomic E-state index is 12.0. The van der Waals surface area contributed by atoms with Crippen LogP contribution in [0, 0.1) is 0 Å². The molecule has 0 unspecified atom stereocenters. The molecular weight excluding hydrogens is 252 g/mol. The van der Waals surface area contributed by atoms with Gasteiger partial charge in [0.2, 0.25) is 5.13 Å². The average molecular weight is 264 g/mol. The molecule has 0 aliphatic heterocycles. The van der Waals surface area contributed by atoms with E-state index in [4.69, 9.17) is 5.84 Å². The largest absolute Gasteiger partial charge is 0.323 e. The van der Waals surface area contributed by atoms with Crippen molar-refractivity contribution in [3.63, 3.8) is 0 Å². The minimum atomic E-state index is -0.324. The Morgan fingerprint density at radius 3 is 3.00 bits per heavy atom. The van der Waals surface area contributed by atoms with E-state index in [1.54, 1.807) is 12.3 Å². The highest BCUT2D eigenvalue weighted by atomic mass is 32.1. The highest BCUT2D eigenvalue weighted by molar-refractivity contribution is 7.15. The number of hydrazine groups is 1. The van der Waals surface area contributed by atoms with E-state index in [1.807, 2.05) is 6.92 Å². The van der Waals surface area contributed by atoms with Crippen LogP contribution in [0.15, 0.2) is 18.5 Å². The van der Waals surface area contributed by atoms with Gasteiger partial charge in [-0.05, 0) is 12.5 Å². The van der Waals surface area contributed by atoms with Crippen molar-refractivity contribution in [2.24, 2.45) is 5.84 Å². The van der Waals surface area contributed by atoms with Crippen LogP contribution in [0.5, 0.6) is 0 Å². The lowest BCUT2D eigenvalue weighted by Gasteiger charge is -2.06. The van der Waals surface area contributed by atoms with Gasteiger partial charge in [-0.3, -0.25) is 20.9 Å². The molecule has 94 valence electrons. The van der Waals surface area contributed by atoms with Gasteiger partial charge in [0, 0.05) is 12.4 Å². The van der Waals surface area contributed by atoms with Gasteiger partial charge in [-0.15, -0.1) is 10.2 Å². The Balaban J connectivity index is 2.16. The summed E-state index contributed by atoms with van der Waals surface area (Å²) in [5.41, 5.74) is 3.30. The summed E-state index contributed by atoms with van der Waals surface area (Å²) in [6.45, 7) is 1.98. The molecule has 2 rings (SSSR count). The van der Waals surface area contributed by atoms with Crippen molar-refractivity contribution in [1.29, 1.82) is 0 Å². The molecule has 0 aliphatic carbocycles. The number of nitrogens with one attached hydrogen (secondary N) is 2. The normalized spacial score (nSPS) is 10.1.